The molecule has 0 bridgehead atoms. The molecule has 0 rings (SSSR count). The Bertz CT molecular complexity index is 2290. The van der Waals surface area contributed by atoms with E-state index in [9.17, 15) is 19.0 Å². The molecule has 2 atom stereocenters. The molecule has 0 spiro atoms. The van der Waals surface area contributed by atoms with Gasteiger partial charge in [0.2, 0.25) is 0 Å². The maximum absolute atomic E-state index is 12.9. The summed E-state index contributed by atoms with van der Waals surface area (Å²) in [5.74, 6) is -0.852. The third-order valence-electron chi connectivity index (χ3n) is 18.0. The fraction of sp³-hybridized carbons (Fsp3) is 0.696. The molecule has 102 heavy (non-hydrogen) atoms. The molecular formula is C92H158NO8P. The standard InChI is InChI=1S/C92H158NO8P/c1-6-8-10-12-14-16-18-20-22-24-26-28-30-32-34-36-38-40-42-44-46-48-50-52-54-56-58-60-62-64-66-68-70-72-74-76-78-80-82-84-91(94)98-88-90(89-100-102(96,97)99-87-86-93(3,4)5)101-92(95)85-83-81-79-77-75-73-71-69-67-65-63-61-59-57-55-53-51-49-47-45-43-41-39-37-35-33-31-29-27-25-23-21-19-17-15-13-11-9-7-2/h9,11,15,17-18,20-21,23-24,26-27,29,33,35,39,41,45,47,51,53,57,59,63,65,69,71,90H,6-8,10,12-14,16,19,22,25,28,30-32,34,36-38,40,42-44,46,48-50,52,54-56,58,60-62,64,66-68,70,72-89H2,1-5H3/b11-9-,17-15-,20-18-,23-21-,26-24-,29-27-,35-33-,41-39-,47-45-,53-51-,59-57-,65-63-,71-69-. The van der Waals surface area contributed by atoms with Crippen molar-refractivity contribution in [1.82, 2.24) is 0 Å². The molecule has 0 aromatic carbocycles. The number of hydrogen-bond acceptors (Lipinski definition) is 8. The smallest absolute Gasteiger partial charge is 0.306 e. The number of ether oxygens (including phenoxy) is 2. The van der Waals surface area contributed by atoms with Gasteiger partial charge in [0, 0.05) is 12.8 Å². The normalized spacial score (nSPS) is 13.8. The van der Waals surface area contributed by atoms with Crippen molar-refractivity contribution in [1.29, 1.82) is 0 Å². The fourth-order valence-electron chi connectivity index (χ4n) is 11.6. The molecule has 0 aliphatic heterocycles. The van der Waals surface area contributed by atoms with Crippen LogP contribution in [0.5, 0.6) is 0 Å². The van der Waals surface area contributed by atoms with Crippen molar-refractivity contribution in [2.45, 2.75) is 367 Å². The Morgan fingerprint density at radius 2 is 0.559 bits per heavy atom. The van der Waals surface area contributed by atoms with Gasteiger partial charge in [0.1, 0.15) is 19.8 Å². The lowest BCUT2D eigenvalue weighted by Crippen LogP contribution is -2.37. The van der Waals surface area contributed by atoms with Gasteiger partial charge in [-0.05, 0) is 128 Å². The molecule has 0 amide bonds. The number of carbonyl (C=O) groups excluding carboxylic acids is 2. The molecule has 0 N–H and O–H groups in total. The van der Waals surface area contributed by atoms with Gasteiger partial charge in [-0.25, -0.2) is 0 Å². The highest BCUT2D eigenvalue weighted by molar-refractivity contribution is 7.45. The number of phosphoric acid groups is 1. The van der Waals surface area contributed by atoms with E-state index in [2.05, 4.69) is 172 Å². The van der Waals surface area contributed by atoms with Gasteiger partial charge in [0.25, 0.3) is 7.82 Å². The first-order valence-electron chi connectivity index (χ1n) is 42.2. The molecule has 0 fully saturated rings. The number of rotatable bonds is 77. The Labute approximate surface area is 630 Å². The van der Waals surface area contributed by atoms with Crippen LogP contribution in [0.1, 0.15) is 361 Å². The number of allylic oxidation sites excluding steroid dienone is 26. The first-order valence-corrected chi connectivity index (χ1v) is 43.7. The van der Waals surface area contributed by atoms with Gasteiger partial charge in [0.15, 0.2) is 6.10 Å². The zero-order valence-electron chi connectivity index (χ0n) is 66.8. The quantitative estimate of drug-likeness (QED) is 0.0195. The number of hydrogen-bond donors (Lipinski definition) is 0. The minimum Gasteiger partial charge on any atom is -0.756 e. The lowest BCUT2D eigenvalue weighted by atomic mass is 10.0. The summed E-state index contributed by atoms with van der Waals surface area (Å²) >= 11 is 0. The Balaban J connectivity index is 4.02. The lowest BCUT2D eigenvalue weighted by molar-refractivity contribution is -0.870. The van der Waals surface area contributed by atoms with E-state index in [4.69, 9.17) is 18.5 Å². The van der Waals surface area contributed by atoms with Gasteiger partial charge >= 0.3 is 11.9 Å². The minimum absolute atomic E-state index is 0.0409. The van der Waals surface area contributed by atoms with Crippen molar-refractivity contribution in [2.24, 2.45) is 0 Å². The molecular weight excluding hydrogens is 1280 g/mol. The molecule has 584 valence electrons. The number of quaternary nitrogens is 1. The van der Waals surface area contributed by atoms with Crippen LogP contribution in [0.2, 0.25) is 0 Å². The van der Waals surface area contributed by atoms with Crippen molar-refractivity contribution in [2.75, 3.05) is 47.5 Å². The van der Waals surface area contributed by atoms with Crippen LogP contribution in [-0.4, -0.2) is 70.0 Å². The van der Waals surface area contributed by atoms with Crippen molar-refractivity contribution < 1.29 is 42.1 Å². The van der Waals surface area contributed by atoms with Gasteiger partial charge in [0.05, 0.1) is 27.7 Å². The average Bonchev–Trinajstić information content (AvgIpc) is 0.914. The zero-order valence-corrected chi connectivity index (χ0v) is 67.7. The van der Waals surface area contributed by atoms with E-state index in [0.717, 1.165) is 128 Å². The molecule has 9 nitrogen and oxygen atoms in total. The van der Waals surface area contributed by atoms with Crippen molar-refractivity contribution in [3.8, 4) is 0 Å². The van der Waals surface area contributed by atoms with Crippen LogP contribution >= 0.6 is 7.82 Å². The Morgan fingerprint density at radius 1 is 0.314 bits per heavy atom. The Hall–Kier alpha value is -4.37. The molecule has 0 aliphatic carbocycles. The summed E-state index contributed by atoms with van der Waals surface area (Å²) in [6.07, 6.45) is 121. The summed E-state index contributed by atoms with van der Waals surface area (Å²) in [7, 11) is 1.15. The predicted molar refractivity (Wildman–Crippen MR) is 443 cm³/mol. The maximum Gasteiger partial charge on any atom is 0.306 e. The van der Waals surface area contributed by atoms with Crippen molar-refractivity contribution in [3.05, 3.63) is 158 Å². The molecule has 0 saturated heterocycles. The molecule has 0 aromatic rings. The predicted octanol–water partition coefficient (Wildman–Crippen LogP) is 28.0. The van der Waals surface area contributed by atoms with E-state index in [1.54, 1.807) is 0 Å². The molecule has 0 aromatic heterocycles. The van der Waals surface area contributed by atoms with Gasteiger partial charge in [-0.15, -0.1) is 0 Å². The first-order chi connectivity index (χ1) is 50.0. The number of esters is 2. The van der Waals surface area contributed by atoms with E-state index in [1.165, 1.54) is 199 Å². The third kappa shape index (κ3) is 84.6. The van der Waals surface area contributed by atoms with Crippen LogP contribution in [0.25, 0.3) is 0 Å². The molecule has 0 saturated carbocycles. The lowest BCUT2D eigenvalue weighted by Gasteiger charge is -2.28. The van der Waals surface area contributed by atoms with Crippen molar-refractivity contribution in [3.63, 3.8) is 0 Å². The number of carbonyl (C=O) groups is 2. The number of unbranched alkanes of at least 4 members (excludes halogenated alkanes) is 37. The van der Waals surface area contributed by atoms with Crippen LogP contribution in [0, 0.1) is 0 Å². The van der Waals surface area contributed by atoms with Crippen LogP contribution in [0.3, 0.4) is 0 Å². The van der Waals surface area contributed by atoms with Crippen LogP contribution in [0.4, 0.5) is 0 Å². The minimum atomic E-state index is -4.66. The van der Waals surface area contributed by atoms with Gasteiger partial charge in [-0.1, -0.05) is 377 Å². The van der Waals surface area contributed by atoms with Crippen LogP contribution in [-0.2, 0) is 32.7 Å². The summed E-state index contributed by atoms with van der Waals surface area (Å²) in [5, 5.41) is 0. The molecule has 0 heterocycles. The SMILES string of the molecule is CC/C=C\C/C=C\C/C=C\C/C=C\C/C=C\C/C=C\C/C=C\C/C=C\C/C=C\C/C=C\C/C=C\CCCCCCCC(=O)OC(COC(=O)CCCCCCCCCCCCCCCCCCCCCCCCCCCCC/C=C\C/C=C\CCCCCCC)COP(=O)([O-])OCC[N+](C)(C)C. The second-order valence-electron chi connectivity index (χ2n) is 29.1. The summed E-state index contributed by atoms with van der Waals surface area (Å²) in [6, 6.07) is 0. The van der Waals surface area contributed by atoms with Gasteiger partial charge in [-0.2, -0.15) is 0 Å². The largest absolute Gasteiger partial charge is 0.756 e. The van der Waals surface area contributed by atoms with E-state index in [0.29, 0.717) is 17.4 Å². The first kappa shape index (κ1) is 97.6. The highest BCUT2D eigenvalue weighted by atomic mass is 31.2. The zero-order chi connectivity index (χ0) is 74.0. The van der Waals surface area contributed by atoms with E-state index >= 15 is 0 Å². The molecule has 0 radical (unpaired) electrons. The van der Waals surface area contributed by atoms with Gasteiger partial charge < -0.3 is 27.9 Å². The van der Waals surface area contributed by atoms with Crippen LogP contribution in [0.15, 0.2) is 158 Å². The third-order valence-corrected chi connectivity index (χ3v) is 19.0. The highest BCUT2D eigenvalue weighted by Crippen LogP contribution is 2.38. The van der Waals surface area contributed by atoms with Gasteiger partial charge in [-0.3, -0.25) is 14.2 Å². The molecule has 10 heteroatoms. The van der Waals surface area contributed by atoms with Crippen molar-refractivity contribution >= 4 is 19.8 Å². The van der Waals surface area contributed by atoms with E-state index < -0.39 is 26.5 Å². The van der Waals surface area contributed by atoms with E-state index in [-0.39, 0.29) is 32.0 Å². The Kier molecular flexibility index (Phi) is 77.3. The average molecular weight is 1440 g/mol. The summed E-state index contributed by atoms with van der Waals surface area (Å²) in [5.41, 5.74) is 0. The summed E-state index contributed by atoms with van der Waals surface area (Å²) < 4.78 is 34.4. The fourth-order valence-corrected chi connectivity index (χ4v) is 12.4. The monoisotopic (exact) mass is 1440 g/mol. The number of nitrogens with zero attached hydrogens (tertiary/aromatic N) is 1. The Morgan fingerprint density at radius 3 is 0.833 bits per heavy atom. The highest BCUT2D eigenvalue weighted by Gasteiger charge is 2.22. The summed E-state index contributed by atoms with van der Waals surface area (Å²) in [6.45, 7) is 4.12. The maximum atomic E-state index is 12.9. The van der Waals surface area contributed by atoms with E-state index in [1.807, 2.05) is 21.1 Å². The van der Waals surface area contributed by atoms with Crippen LogP contribution < -0.4 is 4.89 Å². The number of likely N-dealkylation sites (N-methyl/N-ethyl adjacent to an activating group) is 1. The topological polar surface area (TPSA) is 111 Å². The second kappa shape index (κ2) is 80.7. The second-order valence-corrected chi connectivity index (χ2v) is 30.5. The number of phosphoric ester groups is 1. The summed E-state index contributed by atoms with van der Waals surface area (Å²) in [4.78, 5) is 38.2. The molecule has 0 aliphatic rings. The molecule has 2 unspecified atom stereocenters.